The van der Waals surface area contributed by atoms with Crippen molar-refractivity contribution < 1.29 is 13.5 Å². The van der Waals surface area contributed by atoms with Gasteiger partial charge in [0.15, 0.2) is 9.84 Å². The third-order valence-corrected chi connectivity index (χ3v) is 4.59. The highest BCUT2D eigenvalue weighted by atomic mass is 32.2. The molecule has 1 aliphatic rings. The number of hydrogen-bond donors (Lipinski definition) is 2. The molecular formula is C10H21NO3S. The van der Waals surface area contributed by atoms with E-state index in [2.05, 4.69) is 5.32 Å². The summed E-state index contributed by atoms with van der Waals surface area (Å²) in [6, 6.07) is 0.0170. The highest BCUT2D eigenvalue weighted by Crippen LogP contribution is 2.23. The van der Waals surface area contributed by atoms with Crippen LogP contribution in [-0.4, -0.2) is 43.7 Å². The molecule has 0 aromatic carbocycles. The molecule has 2 N–H and O–H groups in total. The van der Waals surface area contributed by atoms with Crippen LogP contribution in [0, 0.1) is 0 Å². The largest absolute Gasteiger partial charge is 0.392 e. The van der Waals surface area contributed by atoms with Crippen molar-refractivity contribution in [3.63, 3.8) is 0 Å². The van der Waals surface area contributed by atoms with E-state index in [9.17, 15) is 8.42 Å². The van der Waals surface area contributed by atoms with Gasteiger partial charge in [0, 0.05) is 18.8 Å². The Kier molecular flexibility index (Phi) is 4.55. The summed E-state index contributed by atoms with van der Waals surface area (Å²) in [5, 5.41) is 12.0. The molecule has 0 aromatic heterocycles. The number of hydrogen-bond acceptors (Lipinski definition) is 4. The molecule has 4 nitrogen and oxygen atoms in total. The Morgan fingerprint density at radius 2 is 2.00 bits per heavy atom. The highest BCUT2D eigenvalue weighted by molar-refractivity contribution is 7.91. The lowest BCUT2D eigenvalue weighted by Crippen LogP contribution is -2.47. The van der Waals surface area contributed by atoms with Crippen LogP contribution in [0.25, 0.3) is 0 Å². The third kappa shape index (κ3) is 4.09. The summed E-state index contributed by atoms with van der Waals surface area (Å²) in [6.45, 7) is 2.17. The van der Waals surface area contributed by atoms with Gasteiger partial charge >= 0.3 is 0 Å². The second-order valence-electron chi connectivity index (χ2n) is 4.52. The summed E-state index contributed by atoms with van der Waals surface area (Å²) in [4.78, 5) is 0. The Labute approximate surface area is 92.0 Å². The molecule has 0 saturated heterocycles. The van der Waals surface area contributed by atoms with Crippen molar-refractivity contribution in [3.8, 4) is 0 Å². The quantitative estimate of drug-likeness (QED) is 0.736. The molecular weight excluding hydrogens is 214 g/mol. The lowest BCUT2D eigenvalue weighted by Gasteiger charge is -2.31. The summed E-state index contributed by atoms with van der Waals surface area (Å²) >= 11 is 0. The average molecular weight is 235 g/mol. The zero-order valence-electron chi connectivity index (χ0n) is 9.44. The Morgan fingerprint density at radius 1 is 1.40 bits per heavy atom. The van der Waals surface area contributed by atoms with E-state index in [1.807, 2.05) is 0 Å². The van der Waals surface area contributed by atoms with E-state index in [1.54, 1.807) is 6.92 Å². The monoisotopic (exact) mass is 235 g/mol. The second-order valence-corrected chi connectivity index (χ2v) is 6.78. The number of sulfone groups is 1. The van der Waals surface area contributed by atoms with Crippen molar-refractivity contribution >= 4 is 9.84 Å². The van der Waals surface area contributed by atoms with E-state index in [-0.39, 0.29) is 11.3 Å². The van der Waals surface area contributed by atoms with Crippen LogP contribution in [0.4, 0.5) is 0 Å². The number of nitrogens with one attached hydrogen (secondary N) is 1. The van der Waals surface area contributed by atoms with E-state index in [4.69, 9.17) is 5.11 Å². The van der Waals surface area contributed by atoms with Gasteiger partial charge in [-0.1, -0.05) is 12.8 Å². The first-order valence-electron chi connectivity index (χ1n) is 5.51. The molecule has 0 radical (unpaired) electrons. The Hall–Kier alpha value is -0.130. The maximum atomic E-state index is 11.5. The number of rotatable bonds is 4. The van der Waals surface area contributed by atoms with E-state index in [0.717, 1.165) is 25.7 Å². The van der Waals surface area contributed by atoms with E-state index >= 15 is 0 Å². The smallest absolute Gasteiger partial charge is 0.151 e. The fourth-order valence-electron chi connectivity index (χ4n) is 2.16. The van der Waals surface area contributed by atoms with Crippen molar-refractivity contribution in [2.24, 2.45) is 0 Å². The molecule has 0 spiro atoms. The lowest BCUT2D eigenvalue weighted by atomic mass is 9.95. The van der Waals surface area contributed by atoms with Gasteiger partial charge in [-0.3, -0.25) is 0 Å². The molecule has 0 amide bonds. The number of aliphatic hydroxyl groups excluding tert-OH is 1. The average Bonchev–Trinajstić information content (AvgIpc) is 2.13. The van der Waals surface area contributed by atoms with Crippen LogP contribution in [0.2, 0.25) is 0 Å². The molecule has 1 fully saturated rings. The molecule has 90 valence electrons. The van der Waals surface area contributed by atoms with Crippen LogP contribution >= 0.6 is 0 Å². The summed E-state index contributed by atoms with van der Waals surface area (Å²) in [5.41, 5.74) is 0. The Bertz CT molecular complexity index is 287. The molecule has 1 saturated carbocycles. The summed E-state index contributed by atoms with van der Waals surface area (Å²) in [7, 11) is -2.97. The molecule has 0 heterocycles. The summed E-state index contributed by atoms with van der Waals surface area (Å²) < 4.78 is 23.1. The van der Waals surface area contributed by atoms with Gasteiger partial charge in [-0.05, 0) is 19.8 Å². The van der Waals surface area contributed by atoms with Gasteiger partial charge in [0.25, 0.3) is 0 Å². The summed E-state index contributed by atoms with van der Waals surface area (Å²) in [6.07, 6.45) is 4.58. The van der Waals surface area contributed by atoms with Crippen molar-refractivity contribution in [3.05, 3.63) is 0 Å². The maximum absolute atomic E-state index is 11.5. The van der Waals surface area contributed by atoms with Crippen LogP contribution in [0.3, 0.4) is 0 Å². The zero-order chi connectivity index (χ0) is 11.5. The molecule has 1 aliphatic carbocycles. The molecule has 2 unspecified atom stereocenters. The zero-order valence-corrected chi connectivity index (χ0v) is 10.3. The molecule has 0 aliphatic heterocycles. The van der Waals surface area contributed by atoms with Gasteiger partial charge in [-0.15, -0.1) is 0 Å². The Balaban J connectivity index is 2.58. The van der Waals surface area contributed by atoms with Gasteiger partial charge < -0.3 is 10.4 Å². The molecule has 0 bridgehead atoms. The van der Waals surface area contributed by atoms with E-state index in [0.29, 0.717) is 6.54 Å². The van der Waals surface area contributed by atoms with Gasteiger partial charge in [-0.25, -0.2) is 8.42 Å². The van der Waals surface area contributed by atoms with Crippen molar-refractivity contribution in [2.75, 3.05) is 12.8 Å². The molecule has 3 atom stereocenters. The predicted molar refractivity (Wildman–Crippen MR) is 60.6 cm³/mol. The predicted octanol–water partition coefficient (Wildman–Crippen LogP) is 0.313. The van der Waals surface area contributed by atoms with E-state index < -0.39 is 15.9 Å². The van der Waals surface area contributed by atoms with Crippen molar-refractivity contribution in [1.29, 1.82) is 0 Å². The first-order chi connectivity index (χ1) is 6.91. The third-order valence-electron chi connectivity index (χ3n) is 2.93. The Morgan fingerprint density at radius 3 is 2.53 bits per heavy atom. The fraction of sp³-hybridized carbons (Fsp3) is 1.00. The minimum atomic E-state index is -2.97. The van der Waals surface area contributed by atoms with Crippen LogP contribution in [-0.2, 0) is 9.84 Å². The highest BCUT2D eigenvalue weighted by Gasteiger charge is 2.32. The van der Waals surface area contributed by atoms with Crippen molar-refractivity contribution in [1.82, 2.24) is 5.32 Å². The van der Waals surface area contributed by atoms with Gasteiger partial charge in [-0.2, -0.15) is 0 Å². The minimum Gasteiger partial charge on any atom is -0.392 e. The SMILES string of the molecule is C[C@@H](O)CNC1CCCCC1S(C)(=O)=O. The summed E-state index contributed by atoms with van der Waals surface area (Å²) in [5.74, 6) is 0. The fourth-order valence-corrected chi connectivity index (χ4v) is 3.59. The van der Waals surface area contributed by atoms with Gasteiger partial charge in [0.1, 0.15) is 0 Å². The van der Waals surface area contributed by atoms with Crippen LogP contribution in [0.1, 0.15) is 32.6 Å². The van der Waals surface area contributed by atoms with Gasteiger partial charge in [0.2, 0.25) is 0 Å². The molecule has 5 heteroatoms. The lowest BCUT2D eigenvalue weighted by molar-refractivity contribution is 0.181. The van der Waals surface area contributed by atoms with Crippen LogP contribution < -0.4 is 5.32 Å². The van der Waals surface area contributed by atoms with Crippen LogP contribution in [0.5, 0.6) is 0 Å². The van der Waals surface area contributed by atoms with Gasteiger partial charge in [0.05, 0.1) is 11.4 Å². The second kappa shape index (κ2) is 5.27. The topological polar surface area (TPSA) is 66.4 Å². The molecule has 0 aromatic rings. The first-order valence-corrected chi connectivity index (χ1v) is 7.47. The maximum Gasteiger partial charge on any atom is 0.151 e. The van der Waals surface area contributed by atoms with Crippen molar-refractivity contribution in [2.45, 2.75) is 50.0 Å². The first kappa shape index (κ1) is 12.9. The molecule has 1 rings (SSSR count). The van der Waals surface area contributed by atoms with Crippen LogP contribution in [0.15, 0.2) is 0 Å². The minimum absolute atomic E-state index is 0.0170. The molecule has 15 heavy (non-hydrogen) atoms. The standard InChI is InChI=1S/C10H21NO3S/c1-8(12)7-11-9-5-3-4-6-10(9)15(2,13)14/h8-12H,3-7H2,1-2H3/t8-,9?,10?/m1/s1. The normalized spacial score (nSPS) is 30.1. The number of aliphatic hydroxyl groups is 1. The van der Waals surface area contributed by atoms with E-state index in [1.165, 1.54) is 6.26 Å².